The molecule has 1 amide bonds. The van der Waals surface area contributed by atoms with Crippen LogP contribution in [-0.4, -0.2) is 14.3 Å². The number of carbonyl (C=O) groups is 1. The fourth-order valence-electron chi connectivity index (χ4n) is 1.55. The zero-order valence-corrected chi connectivity index (χ0v) is 14.5. The van der Waals surface area contributed by atoms with Gasteiger partial charge in [0.05, 0.1) is 20.0 Å². The predicted molar refractivity (Wildman–Crippen MR) is 85.2 cm³/mol. The van der Waals surface area contributed by atoms with Crippen LogP contribution in [0.3, 0.4) is 0 Å². The Morgan fingerprint density at radius 3 is 2.41 bits per heavy atom. The summed E-state index contributed by atoms with van der Waals surface area (Å²) in [6, 6.07) is 7.09. The maximum absolute atomic E-state index is 13.1. The number of carbonyl (C=O) groups excluding carboxylic acids is 1. The number of benzene rings is 2. The first-order valence-electron chi connectivity index (χ1n) is 5.68. The lowest BCUT2D eigenvalue weighted by molar-refractivity contribution is 0.0981. The normalized spacial score (nSPS) is 11.3. The maximum Gasteiger partial charge on any atom is 0.266 e. The number of hydrogen-bond acceptors (Lipinski definition) is 3. The molecule has 0 unspecified atom stereocenters. The minimum Gasteiger partial charge on any atom is -0.268 e. The van der Waals surface area contributed by atoms with Crippen molar-refractivity contribution in [2.45, 2.75) is 4.90 Å². The minimum atomic E-state index is -4.16. The molecule has 0 aliphatic rings. The van der Waals surface area contributed by atoms with Crippen LogP contribution in [0.15, 0.2) is 45.8 Å². The molecule has 22 heavy (non-hydrogen) atoms. The lowest BCUT2D eigenvalue weighted by atomic mass is 10.2. The molecular weight excluding hydrogens is 420 g/mol. The molecule has 0 atom stereocenters. The van der Waals surface area contributed by atoms with Crippen molar-refractivity contribution in [3.63, 3.8) is 0 Å². The Hall–Kier alpha value is -1.15. The number of sulfonamides is 1. The monoisotopic (exact) mass is 425 g/mol. The first-order valence-corrected chi connectivity index (χ1v) is 8.71. The van der Waals surface area contributed by atoms with Gasteiger partial charge in [0.25, 0.3) is 15.9 Å². The molecule has 2 aromatic rings. The van der Waals surface area contributed by atoms with Gasteiger partial charge in [-0.1, -0.05) is 23.2 Å². The highest BCUT2D eigenvalue weighted by atomic mass is 79.9. The molecule has 1 N–H and O–H groups in total. The van der Waals surface area contributed by atoms with Crippen molar-refractivity contribution in [3.8, 4) is 0 Å². The van der Waals surface area contributed by atoms with Gasteiger partial charge in [0.2, 0.25) is 0 Å². The quantitative estimate of drug-likeness (QED) is 0.806. The third kappa shape index (κ3) is 3.78. The van der Waals surface area contributed by atoms with Crippen LogP contribution in [0.5, 0.6) is 0 Å². The van der Waals surface area contributed by atoms with Crippen molar-refractivity contribution in [1.82, 2.24) is 4.72 Å². The average molecular weight is 427 g/mol. The Bertz CT molecular complexity index is 858. The summed E-state index contributed by atoms with van der Waals surface area (Å²) in [5, 5.41) is 0.326. The van der Waals surface area contributed by atoms with Crippen molar-refractivity contribution in [2.24, 2.45) is 0 Å². The third-order valence-corrected chi connectivity index (χ3v) is 5.09. The Balaban J connectivity index is 2.31. The summed E-state index contributed by atoms with van der Waals surface area (Å²) in [7, 11) is -4.16. The fraction of sp³-hybridized carbons (Fsp3) is 0. The van der Waals surface area contributed by atoms with E-state index in [4.69, 9.17) is 23.2 Å². The smallest absolute Gasteiger partial charge is 0.266 e. The van der Waals surface area contributed by atoms with E-state index in [1.165, 1.54) is 18.2 Å². The summed E-state index contributed by atoms with van der Waals surface area (Å²) in [4.78, 5) is 11.7. The van der Waals surface area contributed by atoms with Gasteiger partial charge < -0.3 is 0 Å². The average Bonchev–Trinajstić information content (AvgIpc) is 2.40. The molecule has 0 aliphatic carbocycles. The second-order valence-electron chi connectivity index (χ2n) is 4.13. The number of rotatable bonds is 3. The molecule has 0 aliphatic heterocycles. The van der Waals surface area contributed by atoms with Crippen molar-refractivity contribution in [2.75, 3.05) is 0 Å². The molecule has 0 aromatic heterocycles. The van der Waals surface area contributed by atoms with Gasteiger partial charge in [0, 0.05) is 5.02 Å². The minimum absolute atomic E-state index is 0.0143. The van der Waals surface area contributed by atoms with Crippen LogP contribution < -0.4 is 4.72 Å². The summed E-state index contributed by atoms with van der Waals surface area (Å²) in [6.07, 6.45) is 0. The topological polar surface area (TPSA) is 63.2 Å². The van der Waals surface area contributed by atoms with Crippen LogP contribution in [0.1, 0.15) is 10.4 Å². The second-order valence-corrected chi connectivity index (χ2v) is 7.52. The van der Waals surface area contributed by atoms with E-state index in [1.54, 1.807) is 0 Å². The lowest BCUT2D eigenvalue weighted by Crippen LogP contribution is -2.30. The van der Waals surface area contributed by atoms with Gasteiger partial charge in [-0.25, -0.2) is 17.5 Å². The molecule has 0 saturated heterocycles. The summed E-state index contributed by atoms with van der Waals surface area (Å²) in [5.41, 5.74) is -0.0455. The maximum atomic E-state index is 13.1. The summed E-state index contributed by atoms with van der Waals surface area (Å²) in [6.45, 7) is 0. The molecule has 0 bridgehead atoms. The predicted octanol–water partition coefficient (Wildman–Crippen LogP) is 4.01. The molecule has 9 heteroatoms. The van der Waals surface area contributed by atoms with Crippen molar-refractivity contribution in [3.05, 3.63) is 62.3 Å². The highest BCUT2D eigenvalue weighted by Gasteiger charge is 2.21. The standard InChI is InChI=1S/C13H7BrCl2FNO3S/c14-10-6-8(2-4-12(10)17)22(20,21)18-13(19)9-3-1-7(15)5-11(9)16/h1-6H,(H,18,19). The van der Waals surface area contributed by atoms with Gasteiger partial charge >= 0.3 is 0 Å². The molecule has 116 valence electrons. The molecule has 0 radical (unpaired) electrons. The van der Waals surface area contributed by atoms with Crippen molar-refractivity contribution < 1.29 is 17.6 Å². The van der Waals surface area contributed by atoms with Crippen LogP contribution in [-0.2, 0) is 10.0 Å². The van der Waals surface area contributed by atoms with Crippen LogP contribution in [0.25, 0.3) is 0 Å². The van der Waals surface area contributed by atoms with Crippen molar-refractivity contribution >= 4 is 55.1 Å². The lowest BCUT2D eigenvalue weighted by Gasteiger charge is -2.09. The van der Waals surface area contributed by atoms with Gasteiger partial charge in [-0.05, 0) is 52.3 Å². The Labute approximate surface area is 144 Å². The first-order chi connectivity index (χ1) is 10.2. The van der Waals surface area contributed by atoms with Gasteiger partial charge in [-0.15, -0.1) is 0 Å². The van der Waals surface area contributed by atoms with Crippen LogP contribution in [0.2, 0.25) is 10.0 Å². The number of halogens is 4. The molecule has 0 spiro atoms. The highest BCUT2D eigenvalue weighted by molar-refractivity contribution is 9.10. The van der Waals surface area contributed by atoms with E-state index >= 15 is 0 Å². The van der Waals surface area contributed by atoms with E-state index in [2.05, 4.69) is 15.9 Å². The van der Waals surface area contributed by atoms with Gasteiger partial charge in [0.15, 0.2) is 0 Å². The molecular formula is C13H7BrCl2FNO3S. The van der Waals surface area contributed by atoms with E-state index in [9.17, 15) is 17.6 Å². The summed E-state index contributed by atoms with van der Waals surface area (Å²) < 4.78 is 39.2. The second kappa shape index (κ2) is 6.54. The highest BCUT2D eigenvalue weighted by Crippen LogP contribution is 2.23. The summed E-state index contributed by atoms with van der Waals surface area (Å²) >= 11 is 14.4. The Morgan fingerprint density at radius 2 is 1.82 bits per heavy atom. The SMILES string of the molecule is O=C(NS(=O)(=O)c1ccc(F)c(Br)c1)c1ccc(Cl)cc1Cl. The zero-order chi connectivity index (χ0) is 16.5. The Kier molecular flexibility index (Phi) is 5.11. The molecule has 0 saturated carbocycles. The first kappa shape index (κ1) is 17.2. The van der Waals surface area contributed by atoms with E-state index < -0.39 is 21.7 Å². The molecule has 0 fully saturated rings. The number of nitrogens with one attached hydrogen (secondary N) is 1. The van der Waals surface area contributed by atoms with E-state index in [-0.39, 0.29) is 20.0 Å². The Morgan fingerprint density at radius 1 is 1.14 bits per heavy atom. The van der Waals surface area contributed by atoms with Gasteiger partial charge in [-0.2, -0.15) is 0 Å². The van der Waals surface area contributed by atoms with Crippen LogP contribution in [0, 0.1) is 5.82 Å². The molecule has 4 nitrogen and oxygen atoms in total. The number of hydrogen-bond donors (Lipinski definition) is 1. The van der Waals surface area contributed by atoms with Crippen LogP contribution >= 0.6 is 39.1 Å². The van der Waals surface area contributed by atoms with Gasteiger partial charge in [-0.3, -0.25) is 4.79 Å². The van der Waals surface area contributed by atoms with E-state index in [0.29, 0.717) is 5.02 Å². The third-order valence-electron chi connectivity index (χ3n) is 2.60. The largest absolute Gasteiger partial charge is 0.268 e. The zero-order valence-electron chi connectivity index (χ0n) is 10.6. The molecule has 0 heterocycles. The van der Waals surface area contributed by atoms with Gasteiger partial charge in [0.1, 0.15) is 5.82 Å². The number of amides is 1. The fourth-order valence-corrected chi connectivity index (χ4v) is 3.57. The van der Waals surface area contributed by atoms with Crippen molar-refractivity contribution in [1.29, 1.82) is 0 Å². The van der Waals surface area contributed by atoms with E-state index in [1.807, 2.05) is 4.72 Å². The molecule has 2 aromatic carbocycles. The summed E-state index contributed by atoms with van der Waals surface area (Å²) in [5.74, 6) is -1.53. The van der Waals surface area contributed by atoms with Crippen LogP contribution in [0.4, 0.5) is 4.39 Å². The molecule has 2 rings (SSSR count). The van der Waals surface area contributed by atoms with E-state index in [0.717, 1.165) is 18.2 Å².